The van der Waals surface area contributed by atoms with Crippen molar-refractivity contribution in [2.75, 3.05) is 25.6 Å². The third-order valence-corrected chi connectivity index (χ3v) is 6.52. The number of nitrogens with zero attached hydrogens (tertiary/aromatic N) is 3. The smallest absolute Gasteiger partial charge is 0.323 e. The van der Waals surface area contributed by atoms with Crippen LogP contribution in [0.25, 0.3) is 5.52 Å². The van der Waals surface area contributed by atoms with Crippen LogP contribution in [0.5, 0.6) is 0 Å². The molecule has 2 aromatic rings. The van der Waals surface area contributed by atoms with Crippen molar-refractivity contribution in [3.05, 3.63) is 24.2 Å². The Morgan fingerprint density at radius 3 is 2.94 bits per heavy atom. The molecule has 14 heteroatoms. The number of nitrogen functional groups attached to an aromatic ring is 1. The number of carbonyl (C=O) groups excluding carboxylic acids is 1. The lowest BCUT2D eigenvalue weighted by molar-refractivity contribution is -0.145. The molecule has 6 atom stereocenters. The van der Waals surface area contributed by atoms with E-state index in [9.17, 15) is 24.0 Å². The summed E-state index contributed by atoms with van der Waals surface area (Å²) in [5.74, 6) is -0.406. The molecule has 12 nitrogen and oxygen atoms in total. The van der Waals surface area contributed by atoms with Gasteiger partial charge < -0.3 is 29.9 Å². The van der Waals surface area contributed by atoms with Crippen LogP contribution in [0.4, 0.5) is 10.2 Å². The number of nitrogens with one attached hydrogen (secondary N) is 1. The van der Waals surface area contributed by atoms with Gasteiger partial charge >= 0.3 is 5.97 Å². The molecule has 3 heterocycles. The average molecular weight is 489 g/mol. The minimum Gasteiger partial charge on any atom is -0.465 e. The Morgan fingerprint density at radius 1 is 1.48 bits per heavy atom. The zero-order chi connectivity index (χ0) is 24.2. The summed E-state index contributed by atoms with van der Waals surface area (Å²) in [5, 5.41) is 27.7. The predicted octanol–water partition coefficient (Wildman–Crippen LogP) is 0.541. The zero-order valence-electron chi connectivity index (χ0n) is 18.3. The lowest BCUT2D eigenvalue weighted by Crippen LogP contribution is -2.48. The van der Waals surface area contributed by atoms with Crippen LogP contribution in [-0.2, 0) is 23.4 Å². The number of esters is 1. The Kier molecular flexibility index (Phi) is 8.38. The molecule has 1 aliphatic heterocycles. The van der Waals surface area contributed by atoms with E-state index in [1.807, 2.05) is 6.92 Å². The minimum absolute atomic E-state index is 0.191. The first-order valence-corrected chi connectivity index (χ1v) is 11.8. The van der Waals surface area contributed by atoms with Gasteiger partial charge in [0.1, 0.15) is 48.5 Å². The molecule has 184 valence electrons. The van der Waals surface area contributed by atoms with E-state index < -0.39 is 57.4 Å². The lowest BCUT2D eigenvalue weighted by atomic mass is 9.96. The molecule has 0 aromatic carbocycles. The summed E-state index contributed by atoms with van der Waals surface area (Å²) >= 11 is 0. The first kappa shape index (κ1) is 25.5. The molecule has 0 aliphatic carbocycles. The third kappa shape index (κ3) is 5.34. The summed E-state index contributed by atoms with van der Waals surface area (Å²) in [4.78, 5) is 15.8. The number of hydrogen-bond donors (Lipinski definition) is 4. The maximum atomic E-state index is 14.1. The second-order valence-electron chi connectivity index (χ2n) is 7.84. The molecule has 1 aliphatic rings. The number of aliphatic hydroxyl groups excluding tert-OH is 2. The summed E-state index contributed by atoms with van der Waals surface area (Å²) in [6, 6.07) is 2.24. The van der Waals surface area contributed by atoms with E-state index in [0.717, 1.165) is 6.42 Å². The van der Waals surface area contributed by atoms with Crippen LogP contribution in [0.15, 0.2) is 18.5 Å². The summed E-state index contributed by atoms with van der Waals surface area (Å²) < 4.78 is 43.7. The highest BCUT2D eigenvalue weighted by atomic mass is 31.1. The molecule has 0 saturated carbocycles. The molecule has 0 spiro atoms. The standard InChI is InChI=1S/C19H29FN5O7P/c1-3-4-7-30-18(28)11(2)24-33(29)31-9-19(8-20)16(27)14(26)15(32-19)12-5-6-13-17(21)22-10-23-25(12)13/h5-6,10-11,14-16,26-27,33H,3-4,7-9H2,1-2H3,(H,24,29)(H2,21,22,23)/t11-,14-,15-,16-,19+/m0/s1. The summed E-state index contributed by atoms with van der Waals surface area (Å²) in [6.45, 7) is 1.79. The highest BCUT2D eigenvalue weighted by molar-refractivity contribution is 7.36. The van der Waals surface area contributed by atoms with Crippen LogP contribution in [0.3, 0.4) is 0 Å². The molecule has 0 bridgehead atoms. The molecule has 1 saturated heterocycles. The number of hydrogen-bond acceptors (Lipinski definition) is 10. The van der Waals surface area contributed by atoms with Gasteiger partial charge in [0.25, 0.3) is 8.18 Å². The topological polar surface area (TPSA) is 171 Å². The van der Waals surface area contributed by atoms with E-state index in [1.165, 1.54) is 17.8 Å². The molecule has 33 heavy (non-hydrogen) atoms. The van der Waals surface area contributed by atoms with Gasteiger partial charge in [-0.3, -0.25) is 9.36 Å². The quantitative estimate of drug-likeness (QED) is 0.197. The number of fused-ring (bicyclic) bond motifs is 1. The second-order valence-corrected chi connectivity index (χ2v) is 8.99. The Balaban J connectivity index is 1.66. The second kappa shape index (κ2) is 10.9. The van der Waals surface area contributed by atoms with E-state index in [0.29, 0.717) is 17.6 Å². The SMILES string of the molecule is CCCCOC(=O)[C@H](C)N[PH](=O)OC[C@@]1(CF)O[C@@H](c2ccc3c(N)ncnn23)[C@H](O)[C@@H]1O. The number of unbranched alkanes of at least 4 members (excludes halogenated alkanes) is 1. The molecule has 0 radical (unpaired) electrons. The van der Waals surface area contributed by atoms with Crippen molar-refractivity contribution < 1.29 is 38.0 Å². The van der Waals surface area contributed by atoms with Crippen molar-refractivity contribution in [3.8, 4) is 0 Å². The van der Waals surface area contributed by atoms with Crippen LogP contribution in [-0.4, -0.2) is 74.5 Å². The Labute approximate surface area is 190 Å². The van der Waals surface area contributed by atoms with Gasteiger partial charge in [-0.25, -0.2) is 19.0 Å². The number of halogens is 1. The maximum Gasteiger partial charge on any atom is 0.323 e. The highest BCUT2D eigenvalue weighted by Crippen LogP contribution is 2.42. The van der Waals surface area contributed by atoms with Crippen LogP contribution in [0.2, 0.25) is 0 Å². The average Bonchev–Trinajstić information content (AvgIpc) is 3.33. The lowest BCUT2D eigenvalue weighted by Gasteiger charge is -2.28. The van der Waals surface area contributed by atoms with Gasteiger partial charge in [0.05, 0.1) is 18.9 Å². The first-order valence-electron chi connectivity index (χ1n) is 10.5. The van der Waals surface area contributed by atoms with E-state index in [-0.39, 0.29) is 12.4 Å². The number of carbonyl (C=O) groups is 1. The van der Waals surface area contributed by atoms with Gasteiger partial charge in [-0.05, 0) is 25.5 Å². The molecular weight excluding hydrogens is 460 g/mol. The van der Waals surface area contributed by atoms with Gasteiger partial charge in [0, 0.05) is 0 Å². The third-order valence-electron chi connectivity index (χ3n) is 5.44. The highest BCUT2D eigenvalue weighted by Gasteiger charge is 2.56. The van der Waals surface area contributed by atoms with Gasteiger partial charge in [-0.1, -0.05) is 13.3 Å². The van der Waals surface area contributed by atoms with Gasteiger partial charge in [0.15, 0.2) is 5.82 Å². The number of rotatable bonds is 11. The fourth-order valence-electron chi connectivity index (χ4n) is 3.47. The van der Waals surface area contributed by atoms with Crippen LogP contribution in [0, 0.1) is 0 Å². The monoisotopic (exact) mass is 489 g/mol. The van der Waals surface area contributed by atoms with E-state index in [4.69, 9.17) is 19.7 Å². The van der Waals surface area contributed by atoms with Crippen molar-refractivity contribution in [3.63, 3.8) is 0 Å². The Bertz CT molecular complexity index is 995. The van der Waals surface area contributed by atoms with Crippen LogP contribution < -0.4 is 10.8 Å². The Hall–Kier alpha value is -2.15. The van der Waals surface area contributed by atoms with Crippen molar-refractivity contribution in [2.45, 2.75) is 56.6 Å². The van der Waals surface area contributed by atoms with E-state index in [2.05, 4.69) is 15.2 Å². The number of anilines is 1. The molecule has 2 aromatic heterocycles. The molecule has 5 N–H and O–H groups in total. The predicted molar refractivity (Wildman–Crippen MR) is 115 cm³/mol. The summed E-state index contributed by atoms with van der Waals surface area (Å²) in [5.41, 5.74) is 4.58. The minimum atomic E-state index is -3.03. The fourth-order valence-corrected chi connectivity index (χ4v) is 4.40. The van der Waals surface area contributed by atoms with E-state index >= 15 is 0 Å². The van der Waals surface area contributed by atoms with Gasteiger partial charge in [-0.15, -0.1) is 0 Å². The zero-order valence-corrected chi connectivity index (χ0v) is 19.3. The van der Waals surface area contributed by atoms with Crippen molar-refractivity contribution in [1.82, 2.24) is 19.7 Å². The first-order chi connectivity index (χ1) is 15.7. The Morgan fingerprint density at radius 2 is 2.24 bits per heavy atom. The van der Waals surface area contributed by atoms with Gasteiger partial charge in [-0.2, -0.15) is 5.10 Å². The van der Waals surface area contributed by atoms with Gasteiger partial charge in [0.2, 0.25) is 0 Å². The van der Waals surface area contributed by atoms with Crippen molar-refractivity contribution >= 4 is 25.5 Å². The maximum absolute atomic E-state index is 14.1. The van der Waals surface area contributed by atoms with Crippen LogP contribution >= 0.6 is 8.18 Å². The largest absolute Gasteiger partial charge is 0.465 e. The number of ether oxygens (including phenoxy) is 2. The summed E-state index contributed by atoms with van der Waals surface area (Å²) in [7, 11) is -3.03. The number of alkyl halides is 1. The van der Waals surface area contributed by atoms with Crippen molar-refractivity contribution in [2.24, 2.45) is 0 Å². The van der Waals surface area contributed by atoms with E-state index in [1.54, 1.807) is 12.1 Å². The van der Waals surface area contributed by atoms with Crippen molar-refractivity contribution in [1.29, 1.82) is 0 Å². The summed E-state index contributed by atoms with van der Waals surface area (Å²) in [6.07, 6.45) is -1.61. The molecule has 1 fully saturated rings. The number of aromatic nitrogens is 3. The number of nitrogens with two attached hydrogens (primary N) is 1. The van der Waals surface area contributed by atoms with Crippen LogP contribution in [0.1, 0.15) is 38.5 Å². The molecular formula is C19H29FN5O7P. The number of aliphatic hydroxyl groups is 2. The molecule has 0 amide bonds. The molecule has 3 rings (SSSR count). The fraction of sp³-hybridized carbons (Fsp3) is 0.632. The molecule has 1 unspecified atom stereocenters. The normalized spacial score (nSPS) is 27.0.